The number of nitrogen functional groups attached to an aromatic ring is 1. The minimum Gasteiger partial charge on any atom is -0.396 e. The zero-order valence-electron chi connectivity index (χ0n) is 11.8. The molecule has 2 aromatic rings. The molecule has 1 amide bonds. The van der Waals surface area contributed by atoms with Crippen molar-refractivity contribution in [2.45, 2.75) is 25.4 Å². The predicted molar refractivity (Wildman–Crippen MR) is 76.9 cm³/mol. The maximum Gasteiger partial charge on any atom is 0.274 e. The van der Waals surface area contributed by atoms with Crippen molar-refractivity contribution in [3.63, 3.8) is 0 Å². The smallest absolute Gasteiger partial charge is 0.274 e. The molecule has 0 saturated heterocycles. The highest BCUT2D eigenvalue weighted by molar-refractivity contribution is 5.97. The molecule has 1 heterocycles. The Balaban J connectivity index is 1.87. The first-order chi connectivity index (χ1) is 10.1. The van der Waals surface area contributed by atoms with E-state index in [4.69, 9.17) is 5.73 Å². The molecule has 6 heteroatoms. The zero-order valence-corrected chi connectivity index (χ0v) is 11.8. The average Bonchev–Trinajstić information content (AvgIpc) is 3.22. The normalized spacial score (nSPS) is 14.2. The molecular weight excluding hydrogens is 271 g/mol. The van der Waals surface area contributed by atoms with Crippen molar-refractivity contribution in [1.29, 1.82) is 0 Å². The number of aryl methyl sites for hydroxylation is 1. The number of anilines is 1. The summed E-state index contributed by atoms with van der Waals surface area (Å²) in [5.74, 6) is -0.449. The van der Waals surface area contributed by atoms with Gasteiger partial charge in [0.05, 0.1) is 11.9 Å². The Bertz CT molecular complexity index is 659. The number of carbonyl (C=O) groups excluding carboxylic acids is 1. The van der Waals surface area contributed by atoms with Crippen LogP contribution in [0.15, 0.2) is 30.5 Å². The zero-order chi connectivity index (χ0) is 15.0. The molecule has 1 aliphatic carbocycles. The molecule has 2 N–H and O–H groups in total. The molecule has 1 aromatic heterocycles. The molecule has 5 nitrogen and oxygen atoms in total. The van der Waals surface area contributed by atoms with Gasteiger partial charge in [0.2, 0.25) is 0 Å². The molecule has 0 aliphatic heterocycles. The van der Waals surface area contributed by atoms with Crippen LogP contribution in [0.3, 0.4) is 0 Å². The topological polar surface area (TPSA) is 64.2 Å². The number of carbonyl (C=O) groups is 1. The number of benzene rings is 1. The van der Waals surface area contributed by atoms with E-state index in [1.165, 1.54) is 23.0 Å². The number of nitrogens with two attached hydrogens (primary N) is 1. The maximum atomic E-state index is 13.3. The number of rotatable bonds is 4. The lowest BCUT2D eigenvalue weighted by molar-refractivity contribution is 0.0719. The molecule has 21 heavy (non-hydrogen) atoms. The molecule has 1 aromatic carbocycles. The van der Waals surface area contributed by atoms with E-state index in [1.54, 1.807) is 18.0 Å². The second-order valence-corrected chi connectivity index (χ2v) is 5.37. The van der Waals surface area contributed by atoms with Gasteiger partial charge in [0.1, 0.15) is 11.5 Å². The number of hydrogen-bond acceptors (Lipinski definition) is 3. The molecule has 110 valence electrons. The standard InChI is InChI=1S/C15H17FN4O/c1-19-14(13(17)8-18-19)15(21)20(12-5-6-12)9-10-3-2-4-11(16)7-10/h2-4,7-8,12H,5-6,9,17H2,1H3. The fourth-order valence-electron chi connectivity index (χ4n) is 2.44. The highest BCUT2D eigenvalue weighted by Gasteiger charge is 2.35. The fraction of sp³-hybridized carbons (Fsp3) is 0.333. The lowest BCUT2D eigenvalue weighted by atomic mass is 10.2. The van der Waals surface area contributed by atoms with Crippen LogP contribution in [0.4, 0.5) is 10.1 Å². The third-order valence-corrected chi connectivity index (χ3v) is 3.66. The minimum atomic E-state index is -0.296. The van der Waals surface area contributed by atoms with Crippen molar-refractivity contribution in [3.8, 4) is 0 Å². The molecule has 1 fully saturated rings. The van der Waals surface area contributed by atoms with Crippen molar-refractivity contribution in [3.05, 3.63) is 47.5 Å². The fourth-order valence-corrected chi connectivity index (χ4v) is 2.44. The number of hydrogen-bond donors (Lipinski definition) is 1. The van der Waals surface area contributed by atoms with Gasteiger partial charge in [-0.05, 0) is 30.5 Å². The Labute approximate surface area is 122 Å². The van der Waals surface area contributed by atoms with Gasteiger partial charge in [-0.15, -0.1) is 0 Å². The molecule has 3 rings (SSSR count). The van der Waals surface area contributed by atoms with E-state index in [1.807, 2.05) is 6.07 Å². The summed E-state index contributed by atoms with van der Waals surface area (Å²) < 4.78 is 14.8. The molecule has 0 unspecified atom stereocenters. The van der Waals surface area contributed by atoms with Crippen LogP contribution in [0, 0.1) is 5.82 Å². The summed E-state index contributed by atoms with van der Waals surface area (Å²) >= 11 is 0. The van der Waals surface area contributed by atoms with E-state index < -0.39 is 0 Å². The van der Waals surface area contributed by atoms with Crippen molar-refractivity contribution in [2.24, 2.45) is 7.05 Å². The maximum absolute atomic E-state index is 13.3. The van der Waals surface area contributed by atoms with Crippen LogP contribution in [0.2, 0.25) is 0 Å². The van der Waals surface area contributed by atoms with Gasteiger partial charge in [0.25, 0.3) is 5.91 Å². The first-order valence-electron chi connectivity index (χ1n) is 6.89. The predicted octanol–water partition coefficient (Wildman–Crippen LogP) is 1.95. The van der Waals surface area contributed by atoms with Gasteiger partial charge in [-0.3, -0.25) is 9.48 Å². The van der Waals surface area contributed by atoms with Crippen LogP contribution in [-0.2, 0) is 13.6 Å². The van der Waals surface area contributed by atoms with Crippen molar-refractivity contribution in [2.75, 3.05) is 5.73 Å². The van der Waals surface area contributed by atoms with Gasteiger partial charge >= 0.3 is 0 Å². The Morgan fingerprint density at radius 2 is 2.29 bits per heavy atom. The van der Waals surface area contributed by atoms with Crippen molar-refractivity contribution in [1.82, 2.24) is 14.7 Å². The van der Waals surface area contributed by atoms with Crippen LogP contribution in [0.25, 0.3) is 0 Å². The lowest BCUT2D eigenvalue weighted by Gasteiger charge is -2.23. The quantitative estimate of drug-likeness (QED) is 0.935. The van der Waals surface area contributed by atoms with E-state index in [-0.39, 0.29) is 17.8 Å². The van der Waals surface area contributed by atoms with Crippen LogP contribution in [-0.4, -0.2) is 26.6 Å². The molecule has 0 bridgehead atoms. The van der Waals surface area contributed by atoms with E-state index in [0.29, 0.717) is 17.9 Å². The second-order valence-electron chi connectivity index (χ2n) is 5.37. The monoisotopic (exact) mass is 288 g/mol. The summed E-state index contributed by atoms with van der Waals surface area (Å²) in [6.07, 6.45) is 3.41. The Morgan fingerprint density at radius 3 is 2.86 bits per heavy atom. The lowest BCUT2D eigenvalue weighted by Crippen LogP contribution is -2.34. The molecule has 0 radical (unpaired) electrons. The highest BCUT2D eigenvalue weighted by atomic mass is 19.1. The van der Waals surface area contributed by atoms with Gasteiger partial charge in [0, 0.05) is 19.6 Å². The minimum absolute atomic E-state index is 0.153. The summed E-state index contributed by atoms with van der Waals surface area (Å²) in [5, 5.41) is 4.00. The summed E-state index contributed by atoms with van der Waals surface area (Å²) in [6, 6.07) is 6.52. The van der Waals surface area contributed by atoms with Gasteiger partial charge in [-0.1, -0.05) is 12.1 Å². The van der Waals surface area contributed by atoms with Gasteiger partial charge in [-0.25, -0.2) is 4.39 Å². The Hall–Kier alpha value is -2.37. The van der Waals surface area contributed by atoms with Crippen molar-refractivity contribution < 1.29 is 9.18 Å². The van der Waals surface area contributed by atoms with E-state index in [9.17, 15) is 9.18 Å². The first kappa shape index (κ1) is 13.6. The molecule has 1 saturated carbocycles. The number of nitrogens with zero attached hydrogens (tertiary/aromatic N) is 3. The second kappa shape index (κ2) is 5.20. The van der Waals surface area contributed by atoms with E-state index in [2.05, 4.69) is 5.10 Å². The van der Waals surface area contributed by atoms with Crippen molar-refractivity contribution >= 4 is 11.6 Å². The van der Waals surface area contributed by atoms with Crippen LogP contribution < -0.4 is 5.73 Å². The number of aromatic nitrogens is 2. The van der Waals surface area contributed by atoms with Gasteiger partial charge < -0.3 is 10.6 Å². The first-order valence-corrected chi connectivity index (χ1v) is 6.89. The highest BCUT2D eigenvalue weighted by Crippen LogP contribution is 2.30. The summed E-state index contributed by atoms with van der Waals surface area (Å²) in [5.41, 5.74) is 7.36. The summed E-state index contributed by atoms with van der Waals surface area (Å²) in [7, 11) is 1.69. The van der Waals surface area contributed by atoms with Gasteiger partial charge in [-0.2, -0.15) is 5.10 Å². The SMILES string of the molecule is Cn1ncc(N)c1C(=O)N(Cc1cccc(F)c1)C1CC1. The molecule has 0 spiro atoms. The van der Waals surface area contributed by atoms with Gasteiger partial charge in [0.15, 0.2) is 0 Å². The Kier molecular flexibility index (Phi) is 3.37. The number of halogens is 1. The van der Waals surface area contributed by atoms with E-state index >= 15 is 0 Å². The largest absolute Gasteiger partial charge is 0.396 e. The molecule has 0 atom stereocenters. The summed E-state index contributed by atoms with van der Waals surface area (Å²) in [4.78, 5) is 14.5. The Morgan fingerprint density at radius 1 is 1.52 bits per heavy atom. The molecular formula is C15H17FN4O. The third kappa shape index (κ3) is 2.74. The van der Waals surface area contributed by atoms with E-state index in [0.717, 1.165) is 18.4 Å². The number of amides is 1. The summed E-state index contributed by atoms with van der Waals surface area (Å²) in [6.45, 7) is 0.381. The molecule has 1 aliphatic rings. The third-order valence-electron chi connectivity index (χ3n) is 3.66. The van der Waals surface area contributed by atoms with Crippen LogP contribution in [0.1, 0.15) is 28.9 Å². The van der Waals surface area contributed by atoms with Crippen LogP contribution in [0.5, 0.6) is 0 Å². The van der Waals surface area contributed by atoms with Crippen LogP contribution >= 0.6 is 0 Å². The average molecular weight is 288 g/mol.